The van der Waals surface area contributed by atoms with Gasteiger partial charge < -0.3 is 10.1 Å². The molecule has 1 aliphatic carbocycles. The number of aromatic nitrogens is 1. The van der Waals surface area contributed by atoms with Gasteiger partial charge in [-0.2, -0.15) is 10.5 Å². The number of aryl methyl sites for hydroxylation is 1. The van der Waals surface area contributed by atoms with Crippen molar-refractivity contribution in [2.24, 2.45) is 0 Å². The fraction of sp³-hybridized carbons (Fsp3) is 0.562. The first-order valence-corrected chi connectivity index (χ1v) is 7.55. The van der Waals surface area contributed by atoms with Crippen molar-refractivity contribution in [3.05, 3.63) is 22.4 Å². The number of rotatable bonds is 3. The molecular formula is C16H18N4O. The van der Waals surface area contributed by atoms with Gasteiger partial charge in [0.15, 0.2) is 0 Å². The van der Waals surface area contributed by atoms with E-state index >= 15 is 0 Å². The molecule has 0 spiro atoms. The molecule has 0 amide bonds. The molecule has 1 saturated heterocycles. The van der Waals surface area contributed by atoms with E-state index in [1.165, 1.54) is 0 Å². The Balaban J connectivity index is 1.91. The van der Waals surface area contributed by atoms with E-state index < -0.39 is 0 Å². The molecule has 1 N–H and O–H groups in total. The summed E-state index contributed by atoms with van der Waals surface area (Å²) in [6.45, 7) is 1.45. The average Bonchev–Trinajstić information content (AvgIpc) is 3.04. The second-order valence-corrected chi connectivity index (χ2v) is 5.58. The van der Waals surface area contributed by atoms with E-state index in [1.54, 1.807) is 0 Å². The first kappa shape index (κ1) is 13.9. The maximum Gasteiger partial charge on any atom is 0.145 e. The summed E-state index contributed by atoms with van der Waals surface area (Å²) in [5.41, 5.74) is 2.85. The van der Waals surface area contributed by atoms with Crippen LogP contribution >= 0.6 is 0 Å². The topological polar surface area (TPSA) is 81.7 Å². The van der Waals surface area contributed by atoms with Gasteiger partial charge in [-0.3, -0.25) is 0 Å². The van der Waals surface area contributed by atoms with E-state index in [9.17, 15) is 10.5 Å². The number of ether oxygens (including phenoxy) is 1. The normalized spacial score (nSPS) is 20.4. The summed E-state index contributed by atoms with van der Waals surface area (Å²) in [7, 11) is 0. The highest BCUT2D eigenvalue weighted by Crippen LogP contribution is 2.29. The van der Waals surface area contributed by atoms with Crippen molar-refractivity contribution < 1.29 is 4.74 Å². The highest BCUT2D eigenvalue weighted by molar-refractivity contribution is 5.64. The van der Waals surface area contributed by atoms with Gasteiger partial charge in [-0.25, -0.2) is 4.98 Å². The Bertz CT molecular complexity index is 621. The number of nitrogens with one attached hydrogen (secondary N) is 1. The Morgan fingerprint density at radius 2 is 1.95 bits per heavy atom. The molecule has 0 unspecified atom stereocenters. The molecule has 1 atom stereocenters. The minimum Gasteiger partial charge on any atom is -0.376 e. The van der Waals surface area contributed by atoms with Crippen molar-refractivity contribution in [1.82, 2.24) is 4.98 Å². The smallest absolute Gasteiger partial charge is 0.145 e. The maximum absolute atomic E-state index is 9.43. The zero-order chi connectivity index (χ0) is 14.7. The predicted molar refractivity (Wildman–Crippen MR) is 77.8 cm³/mol. The Hall–Kier alpha value is -2.11. The molecule has 5 heteroatoms. The van der Waals surface area contributed by atoms with Crippen molar-refractivity contribution in [1.29, 1.82) is 10.5 Å². The van der Waals surface area contributed by atoms with Gasteiger partial charge in [-0.1, -0.05) is 0 Å². The molecule has 0 saturated carbocycles. The quantitative estimate of drug-likeness (QED) is 0.919. The summed E-state index contributed by atoms with van der Waals surface area (Å²) in [6.07, 6.45) is 6.21. The lowest BCUT2D eigenvalue weighted by molar-refractivity contribution is 0.120. The van der Waals surface area contributed by atoms with Crippen LogP contribution in [0.5, 0.6) is 0 Å². The second-order valence-electron chi connectivity index (χ2n) is 5.58. The second kappa shape index (κ2) is 6.11. The van der Waals surface area contributed by atoms with Crippen LogP contribution in [0.15, 0.2) is 0 Å². The van der Waals surface area contributed by atoms with Crippen LogP contribution in [0.25, 0.3) is 0 Å². The number of nitrogens with zero attached hydrogens (tertiary/aromatic N) is 3. The summed E-state index contributed by atoms with van der Waals surface area (Å²) in [5, 5.41) is 22.1. The van der Waals surface area contributed by atoms with Gasteiger partial charge in [0, 0.05) is 18.8 Å². The first-order valence-electron chi connectivity index (χ1n) is 7.55. The molecule has 5 nitrogen and oxygen atoms in total. The molecule has 1 aromatic rings. The fourth-order valence-corrected chi connectivity index (χ4v) is 3.12. The Morgan fingerprint density at radius 1 is 1.14 bits per heavy atom. The van der Waals surface area contributed by atoms with Crippen molar-refractivity contribution in [2.45, 2.75) is 44.6 Å². The van der Waals surface area contributed by atoms with Gasteiger partial charge in [-0.05, 0) is 44.1 Å². The summed E-state index contributed by atoms with van der Waals surface area (Å²) in [5.74, 6) is 0.546. The number of fused-ring (bicyclic) bond motifs is 1. The number of nitriles is 2. The lowest BCUT2D eigenvalue weighted by atomic mass is 9.90. The zero-order valence-electron chi connectivity index (χ0n) is 12.0. The van der Waals surface area contributed by atoms with E-state index in [-0.39, 0.29) is 6.10 Å². The van der Waals surface area contributed by atoms with E-state index in [1.807, 2.05) is 0 Å². The Kier molecular flexibility index (Phi) is 4.03. The van der Waals surface area contributed by atoms with Crippen LogP contribution in [-0.4, -0.2) is 24.2 Å². The third-order valence-electron chi connectivity index (χ3n) is 4.22. The lowest BCUT2D eigenvalue weighted by Crippen LogP contribution is -2.21. The highest BCUT2D eigenvalue weighted by Gasteiger charge is 2.23. The van der Waals surface area contributed by atoms with Crippen LogP contribution < -0.4 is 5.32 Å². The van der Waals surface area contributed by atoms with Crippen LogP contribution in [0.1, 0.15) is 48.1 Å². The van der Waals surface area contributed by atoms with Crippen molar-refractivity contribution in [3.63, 3.8) is 0 Å². The van der Waals surface area contributed by atoms with Crippen LogP contribution in [-0.2, 0) is 17.6 Å². The molecule has 108 valence electrons. The molecule has 2 heterocycles. The molecular weight excluding hydrogens is 264 g/mol. The average molecular weight is 282 g/mol. The summed E-state index contributed by atoms with van der Waals surface area (Å²) < 4.78 is 5.58. The largest absolute Gasteiger partial charge is 0.376 e. The molecule has 2 aliphatic rings. The standard InChI is InChI=1S/C16H18N4O/c17-8-13-12-5-1-2-6-15(12)20-16(14(13)9-18)19-10-11-4-3-7-21-11/h11H,1-7,10H2,(H,19,20)/t11-/m0/s1. The maximum atomic E-state index is 9.43. The molecule has 1 fully saturated rings. The third kappa shape index (κ3) is 2.70. The van der Waals surface area contributed by atoms with E-state index in [2.05, 4.69) is 22.4 Å². The molecule has 0 bridgehead atoms. The van der Waals surface area contributed by atoms with Crippen LogP contribution in [0, 0.1) is 22.7 Å². The van der Waals surface area contributed by atoms with Gasteiger partial charge in [-0.15, -0.1) is 0 Å². The van der Waals surface area contributed by atoms with Crippen molar-refractivity contribution >= 4 is 5.82 Å². The highest BCUT2D eigenvalue weighted by atomic mass is 16.5. The number of hydrogen-bond donors (Lipinski definition) is 1. The van der Waals surface area contributed by atoms with Gasteiger partial charge in [0.25, 0.3) is 0 Å². The number of hydrogen-bond acceptors (Lipinski definition) is 5. The molecule has 0 aromatic carbocycles. The van der Waals surface area contributed by atoms with Crippen LogP contribution in [0.4, 0.5) is 5.82 Å². The summed E-state index contributed by atoms with van der Waals surface area (Å²) >= 11 is 0. The van der Waals surface area contributed by atoms with Gasteiger partial charge >= 0.3 is 0 Å². The SMILES string of the molecule is N#Cc1c(NC[C@@H]2CCCO2)nc2c(c1C#N)CCCC2. The van der Waals surface area contributed by atoms with Crippen molar-refractivity contribution in [3.8, 4) is 12.1 Å². The molecule has 3 rings (SSSR count). The number of pyridine rings is 1. The number of anilines is 1. The fourth-order valence-electron chi connectivity index (χ4n) is 3.12. The van der Waals surface area contributed by atoms with Crippen LogP contribution in [0.2, 0.25) is 0 Å². The predicted octanol–water partition coefficient (Wildman–Crippen LogP) is 2.29. The summed E-state index contributed by atoms with van der Waals surface area (Å²) in [6, 6.07) is 4.36. The monoisotopic (exact) mass is 282 g/mol. The minimum absolute atomic E-state index is 0.180. The molecule has 1 aliphatic heterocycles. The van der Waals surface area contributed by atoms with E-state index in [0.29, 0.717) is 23.5 Å². The van der Waals surface area contributed by atoms with Crippen LogP contribution in [0.3, 0.4) is 0 Å². The van der Waals surface area contributed by atoms with Gasteiger partial charge in [0.1, 0.15) is 23.5 Å². The Morgan fingerprint density at radius 3 is 2.67 bits per heavy atom. The molecule has 21 heavy (non-hydrogen) atoms. The van der Waals surface area contributed by atoms with E-state index in [0.717, 1.165) is 56.4 Å². The van der Waals surface area contributed by atoms with E-state index in [4.69, 9.17) is 4.74 Å². The van der Waals surface area contributed by atoms with Gasteiger partial charge in [0.2, 0.25) is 0 Å². The third-order valence-corrected chi connectivity index (χ3v) is 4.22. The molecule has 0 radical (unpaired) electrons. The molecule has 1 aromatic heterocycles. The summed E-state index contributed by atoms with van der Waals surface area (Å²) in [4.78, 5) is 4.61. The first-order chi connectivity index (χ1) is 10.3. The van der Waals surface area contributed by atoms with Crippen molar-refractivity contribution in [2.75, 3.05) is 18.5 Å². The lowest BCUT2D eigenvalue weighted by Gasteiger charge is -2.20. The zero-order valence-corrected chi connectivity index (χ0v) is 12.0. The Labute approximate surface area is 124 Å². The minimum atomic E-state index is 0.180. The van der Waals surface area contributed by atoms with Gasteiger partial charge in [0.05, 0.1) is 11.7 Å².